The summed E-state index contributed by atoms with van der Waals surface area (Å²) in [5, 5.41) is 4.68. The highest BCUT2D eigenvalue weighted by atomic mass is 16.6. The number of amides is 3. The first-order valence-electron chi connectivity index (χ1n) is 8.65. The van der Waals surface area contributed by atoms with Gasteiger partial charge in [0.15, 0.2) is 18.1 Å². The standard InChI is InChI=1S/C20H20N2O6/c1-12-7-8-14(13(2)9-12)21-20(25)22-18(23)11-27-19(24)17-10-26-15-5-3-4-6-16(15)28-17/h3-9,17H,10-11H2,1-2H3,(H2,21,22,23,25). The fourth-order valence-corrected chi connectivity index (χ4v) is 2.64. The van der Waals surface area contributed by atoms with Crippen molar-refractivity contribution in [3.63, 3.8) is 0 Å². The number of urea groups is 1. The first kappa shape index (κ1) is 19.2. The Balaban J connectivity index is 1.45. The number of nitrogens with one attached hydrogen (secondary N) is 2. The van der Waals surface area contributed by atoms with Gasteiger partial charge in [-0.1, -0.05) is 29.8 Å². The van der Waals surface area contributed by atoms with Crippen molar-refractivity contribution in [2.75, 3.05) is 18.5 Å². The van der Waals surface area contributed by atoms with Crippen molar-refractivity contribution in [2.24, 2.45) is 0 Å². The largest absolute Gasteiger partial charge is 0.485 e. The summed E-state index contributed by atoms with van der Waals surface area (Å²) in [4.78, 5) is 35.8. The van der Waals surface area contributed by atoms with Crippen molar-refractivity contribution >= 4 is 23.6 Å². The average molecular weight is 384 g/mol. The van der Waals surface area contributed by atoms with Gasteiger partial charge >= 0.3 is 12.0 Å². The van der Waals surface area contributed by atoms with Crippen molar-refractivity contribution in [1.29, 1.82) is 0 Å². The minimum atomic E-state index is -0.980. The number of fused-ring (bicyclic) bond motifs is 1. The number of rotatable bonds is 4. The molecule has 1 aliphatic rings. The number of imide groups is 1. The van der Waals surface area contributed by atoms with Crippen LogP contribution in [0.4, 0.5) is 10.5 Å². The van der Waals surface area contributed by atoms with E-state index in [1.807, 2.05) is 26.0 Å². The molecule has 2 N–H and O–H groups in total. The normalized spacial score (nSPS) is 14.7. The second kappa shape index (κ2) is 8.43. The van der Waals surface area contributed by atoms with Crippen LogP contribution < -0.4 is 20.1 Å². The van der Waals surface area contributed by atoms with E-state index in [-0.39, 0.29) is 6.61 Å². The summed E-state index contributed by atoms with van der Waals surface area (Å²) in [5.74, 6) is -0.549. The lowest BCUT2D eigenvalue weighted by atomic mass is 10.1. The van der Waals surface area contributed by atoms with Gasteiger partial charge < -0.3 is 19.5 Å². The third kappa shape index (κ3) is 4.79. The van der Waals surface area contributed by atoms with Crippen LogP contribution in [0.15, 0.2) is 42.5 Å². The van der Waals surface area contributed by atoms with Crippen LogP contribution in [-0.4, -0.2) is 37.2 Å². The van der Waals surface area contributed by atoms with Gasteiger partial charge in [-0.2, -0.15) is 0 Å². The van der Waals surface area contributed by atoms with E-state index in [4.69, 9.17) is 14.2 Å². The molecule has 2 aromatic carbocycles. The van der Waals surface area contributed by atoms with E-state index in [9.17, 15) is 14.4 Å². The second-order valence-corrected chi connectivity index (χ2v) is 6.29. The number of esters is 1. The Morgan fingerprint density at radius 2 is 1.86 bits per heavy atom. The van der Waals surface area contributed by atoms with E-state index in [1.54, 1.807) is 30.3 Å². The molecule has 0 saturated carbocycles. The summed E-state index contributed by atoms with van der Waals surface area (Å²) in [7, 11) is 0. The van der Waals surface area contributed by atoms with Crippen LogP contribution >= 0.6 is 0 Å². The molecule has 3 amide bonds. The number of carbonyl (C=O) groups excluding carboxylic acids is 3. The lowest BCUT2D eigenvalue weighted by molar-refractivity contribution is -0.157. The van der Waals surface area contributed by atoms with Crippen LogP contribution in [0.2, 0.25) is 0 Å². The van der Waals surface area contributed by atoms with Crippen molar-refractivity contribution < 1.29 is 28.6 Å². The number of benzene rings is 2. The molecule has 0 aliphatic carbocycles. The van der Waals surface area contributed by atoms with E-state index >= 15 is 0 Å². The lowest BCUT2D eigenvalue weighted by Gasteiger charge is -2.24. The zero-order chi connectivity index (χ0) is 20.1. The molecule has 146 valence electrons. The Kier molecular flexibility index (Phi) is 5.78. The lowest BCUT2D eigenvalue weighted by Crippen LogP contribution is -2.41. The predicted octanol–water partition coefficient (Wildman–Crippen LogP) is 2.33. The van der Waals surface area contributed by atoms with Gasteiger partial charge in [-0.15, -0.1) is 0 Å². The zero-order valence-corrected chi connectivity index (χ0v) is 15.5. The molecule has 1 unspecified atom stereocenters. The third-order valence-corrected chi connectivity index (χ3v) is 4.00. The van der Waals surface area contributed by atoms with Crippen LogP contribution in [-0.2, 0) is 14.3 Å². The quantitative estimate of drug-likeness (QED) is 0.785. The number of aryl methyl sites for hydroxylation is 2. The van der Waals surface area contributed by atoms with Crippen molar-refractivity contribution in [3.8, 4) is 11.5 Å². The van der Waals surface area contributed by atoms with Crippen LogP contribution in [0, 0.1) is 13.8 Å². The van der Waals surface area contributed by atoms with Crippen molar-refractivity contribution in [2.45, 2.75) is 20.0 Å². The molecule has 0 spiro atoms. The summed E-state index contributed by atoms with van der Waals surface area (Å²) in [5.41, 5.74) is 2.51. The molecule has 1 atom stereocenters. The maximum Gasteiger partial charge on any atom is 0.351 e. The number of ether oxygens (including phenoxy) is 3. The smallest absolute Gasteiger partial charge is 0.351 e. The van der Waals surface area contributed by atoms with E-state index in [0.717, 1.165) is 11.1 Å². The molecule has 8 heteroatoms. The molecule has 0 fully saturated rings. The van der Waals surface area contributed by atoms with Crippen LogP contribution in [0.25, 0.3) is 0 Å². The fraction of sp³-hybridized carbons (Fsp3) is 0.250. The Hall–Kier alpha value is -3.55. The van der Waals surface area contributed by atoms with E-state index in [2.05, 4.69) is 10.6 Å². The van der Waals surface area contributed by atoms with Gasteiger partial charge in [0.05, 0.1) is 0 Å². The molecular weight excluding hydrogens is 364 g/mol. The molecule has 2 aromatic rings. The number of anilines is 1. The van der Waals surface area contributed by atoms with Gasteiger partial charge in [0.1, 0.15) is 6.61 Å². The predicted molar refractivity (Wildman–Crippen MR) is 100 cm³/mol. The number of para-hydroxylation sites is 2. The monoisotopic (exact) mass is 384 g/mol. The Bertz CT molecular complexity index is 911. The van der Waals surface area contributed by atoms with Crippen molar-refractivity contribution in [1.82, 2.24) is 5.32 Å². The van der Waals surface area contributed by atoms with Crippen LogP contribution in [0.5, 0.6) is 11.5 Å². The Labute approximate surface area is 161 Å². The molecule has 28 heavy (non-hydrogen) atoms. The summed E-state index contributed by atoms with van der Waals surface area (Å²) >= 11 is 0. The molecule has 0 aromatic heterocycles. The van der Waals surface area contributed by atoms with Crippen LogP contribution in [0.1, 0.15) is 11.1 Å². The van der Waals surface area contributed by atoms with Gasteiger partial charge in [-0.3, -0.25) is 10.1 Å². The van der Waals surface area contributed by atoms with Gasteiger partial charge in [0.2, 0.25) is 6.10 Å². The van der Waals surface area contributed by atoms with E-state index in [1.165, 1.54) is 0 Å². The van der Waals surface area contributed by atoms with Crippen molar-refractivity contribution in [3.05, 3.63) is 53.6 Å². The minimum Gasteiger partial charge on any atom is -0.485 e. The zero-order valence-electron chi connectivity index (χ0n) is 15.5. The summed E-state index contributed by atoms with van der Waals surface area (Å²) in [6, 6.07) is 11.7. The summed E-state index contributed by atoms with van der Waals surface area (Å²) in [6.45, 7) is 3.15. The molecule has 3 rings (SSSR count). The summed E-state index contributed by atoms with van der Waals surface area (Å²) in [6.07, 6.45) is -0.980. The average Bonchev–Trinajstić information content (AvgIpc) is 2.68. The first-order chi connectivity index (χ1) is 13.4. The highest BCUT2D eigenvalue weighted by molar-refractivity contribution is 6.02. The molecule has 0 bridgehead atoms. The van der Waals surface area contributed by atoms with Gasteiger partial charge in [-0.25, -0.2) is 9.59 Å². The molecule has 0 saturated heterocycles. The summed E-state index contributed by atoms with van der Waals surface area (Å²) < 4.78 is 15.8. The van der Waals surface area contributed by atoms with Gasteiger partial charge in [-0.05, 0) is 37.6 Å². The van der Waals surface area contributed by atoms with Gasteiger partial charge in [0, 0.05) is 5.69 Å². The minimum absolute atomic E-state index is 0.0232. The Morgan fingerprint density at radius 3 is 2.61 bits per heavy atom. The topological polar surface area (TPSA) is 103 Å². The SMILES string of the molecule is Cc1ccc(NC(=O)NC(=O)COC(=O)C2COc3ccccc3O2)c(C)c1. The number of carbonyl (C=O) groups is 3. The van der Waals surface area contributed by atoms with E-state index < -0.39 is 30.6 Å². The molecular formula is C20H20N2O6. The molecule has 1 aliphatic heterocycles. The van der Waals surface area contributed by atoms with Crippen LogP contribution in [0.3, 0.4) is 0 Å². The maximum atomic E-state index is 12.1. The first-order valence-corrected chi connectivity index (χ1v) is 8.65. The fourth-order valence-electron chi connectivity index (χ4n) is 2.64. The highest BCUT2D eigenvalue weighted by Crippen LogP contribution is 2.31. The van der Waals surface area contributed by atoms with E-state index in [0.29, 0.717) is 17.2 Å². The number of hydrogen-bond donors (Lipinski definition) is 2. The molecule has 0 radical (unpaired) electrons. The Morgan fingerprint density at radius 1 is 1.11 bits per heavy atom. The third-order valence-electron chi connectivity index (χ3n) is 4.00. The second-order valence-electron chi connectivity index (χ2n) is 6.29. The number of hydrogen-bond acceptors (Lipinski definition) is 6. The molecule has 1 heterocycles. The highest BCUT2D eigenvalue weighted by Gasteiger charge is 2.29. The maximum absolute atomic E-state index is 12.1. The van der Waals surface area contributed by atoms with Gasteiger partial charge in [0.25, 0.3) is 5.91 Å². The molecule has 8 nitrogen and oxygen atoms in total.